The molecule has 0 spiro atoms. The summed E-state index contributed by atoms with van der Waals surface area (Å²) in [5.74, 6) is -0.918. The largest absolute Gasteiger partial charge is 0.490 e. The number of nitrogens with zero attached hydrogens (tertiary/aromatic N) is 2. The highest BCUT2D eigenvalue weighted by Gasteiger charge is 2.24. The normalized spacial score (nSPS) is 17.1. The fourth-order valence-electron chi connectivity index (χ4n) is 1.90. The second kappa shape index (κ2) is 9.86. The van der Waals surface area contributed by atoms with Crippen LogP contribution in [0.5, 0.6) is 5.75 Å². The van der Waals surface area contributed by atoms with Crippen molar-refractivity contribution in [3.05, 3.63) is 40.6 Å². The second-order valence-electron chi connectivity index (χ2n) is 5.96. The van der Waals surface area contributed by atoms with Crippen molar-refractivity contribution in [2.45, 2.75) is 20.3 Å². The molecule has 0 aromatic heterocycles. The molecule has 0 unspecified atom stereocenters. The van der Waals surface area contributed by atoms with Crippen LogP contribution in [-0.4, -0.2) is 37.0 Å². The van der Waals surface area contributed by atoms with Crippen molar-refractivity contribution in [3.63, 3.8) is 0 Å². The van der Waals surface area contributed by atoms with E-state index in [1.165, 1.54) is 31.5 Å². The van der Waals surface area contributed by atoms with E-state index < -0.39 is 17.7 Å². The van der Waals surface area contributed by atoms with Gasteiger partial charge in [0.25, 0.3) is 5.91 Å². The van der Waals surface area contributed by atoms with Gasteiger partial charge < -0.3 is 9.47 Å². The number of benzene rings is 1. The number of ether oxygens (including phenoxy) is 2. The molecular weight excluding hydrogens is 373 g/mol. The van der Waals surface area contributed by atoms with Gasteiger partial charge in [-0.25, -0.2) is 9.18 Å². The minimum atomic E-state index is -0.631. The number of halogens is 1. The number of hydrogen-bond donors (Lipinski definition) is 1. The monoisotopic (exact) mass is 393 g/mol. The van der Waals surface area contributed by atoms with Crippen LogP contribution in [0.2, 0.25) is 0 Å². The molecule has 1 heterocycles. The highest BCUT2D eigenvalue weighted by Crippen LogP contribution is 2.23. The van der Waals surface area contributed by atoms with Crippen LogP contribution in [0.4, 0.5) is 4.39 Å². The average molecular weight is 393 g/mol. The van der Waals surface area contributed by atoms with E-state index in [1.54, 1.807) is 0 Å². The zero-order valence-corrected chi connectivity index (χ0v) is 16.0. The van der Waals surface area contributed by atoms with Gasteiger partial charge in [-0.05, 0) is 41.8 Å². The summed E-state index contributed by atoms with van der Waals surface area (Å²) in [6.07, 6.45) is 3.31. The molecule has 0 atom stereocenters. The molecule has 1 saturated heterocycles. The van der Waals surface area contributed by atoms with Crippen molar-refractivity contribution in [3.8, 4) is 5.75 Å². The quantitative estimate of drug-likeness (QED) is 0.333. The molecule has 0 bridgehead atoms. The number of amidine groups is 1. The van der Waals surface area contributed by atoms with Gasteiger partial charge in [0.2, 0.25) is 0 Å². The molecule has 1 aliphatic heterocycles. The zero-order valence-electron chi connectivity index (χ0n) is 15.2. The summed E-state index contributed by atoms with van der Waals surface area (Å²) in [7, 11) is 1.22. The number of carbonyl (C=O) groups is 2. The lowest BCUT2D eigenvalue weighted by Gasteiger charge is -2.09. The Hall–Kier alpha value is -2.68. The van der Waals surface area contributed by atoms with Crippen molar-refractivity contribution in [1.29, 1.82) is 0 Å². The minimum Gasteiger partial charge on any atom is -0.490 e. The van der Waals surface area contributed by atoms with Gasteiger partial charge in [0, 0.05) is 6.08 Å². The summed E-state index contributed by atoms with van der Waals surface area (Å²) in [4.78, 5) is 23.1. The molecule has 1 aromatic rings. The fourth-order valence-corrected chi connectivity index (χ4v) is 2.64. The topological polar surface area (TPSA) is 89.3 Å². The number of hydrogen-bond acceptors (Lipinski definition) is 7. The van der Waals surface area contributed by atoms with Gasteiger partial charge in [0.05, 0.1) is 24.8 Å². The Bertz CT molecular complexity index is 806. The van der Waals surface area contributed by atoms with Crippen molar-refractivity contribution in [1.82, 2.24) is 5.32 Å². The molecule has 144 valence electrons. The SMILES string of the molecule is COC(=O)/C=C1/S/C(=N\N=Cc2ccc(F)c(OCCC(C)C)c2)NC1=O. The average Bonchev–Trinajstić information content (AvgIpc) is 2.96. The van der Waals surface area contributed by atoms with E-state index in [0.29, 0.717) is 18.1 Å². The van der Waals surface area contributed by atoms with Crippen LogP contribution in [-0.2, 0) is 14.3 Å². The van der Waals surface area contributed by atoms with Crippen LogP contribution in [0.25, 0.3) is 0 Å². The fraction of sp³-hybridized carbons (Fsp3) is 0.333. The summed E-state index contributed by atoms with van der Waals surface area (Å²) in [6.45, 7) is 4.55. The summed E-state index contributed by atoms with van der Waals surface area (Å²) < 4.78 is 23.7. The Morgan fingerprint density at radius 1 is 1.41 bits per heavy atom. The first-order chi connectivity index (χ1) is 12.9. The lowest BCUT2D eigenvalue weighted by Crippen LogP contribution is -2.19. The van der Waals surface area contributed by atoms with Crippen LogP contribution < -0.4 is 10.1 Å². The molecule has 1 aromatic carbocycles. The molecule has 1 fully saturated rings. The smallest absolute Gasteiger partial charge is 0.331 e. The van der Waals surface area contributed by atoms with E-state index in [2.05, 4.69) is 34.1 Å². The van der Waals surface area contributed by atoms with E-state index in [0.717, 1.165) is 24.3 Å². The third-order valence-electron chi connectivity index (χ3n) is 3.36. The Kier molecular flexibility index (Phi) is 7.54. The molecular formula is C18H20FN3O4S. The van der Waals surface area contributed by atoms with E-state index in [-0.39, 0.29) is 15.8 Å². The molecule has 2 rings (SSSR count). The molecule has 9 heteroatoms. The molecule has 1 amide bonds. The lowest BCUT2D eigenvalue weighted by atomic mass is 10.1. The Morgan fingerprint density at radius 2 is 2.19 bits per heavy atom. The molecule has 0 radical (unpaired) electrons. The number of carbonyl (C=O) groups excluding carboxylic acids is 2. The molecule has 7 nitrogen and oxygen atoms in total. The number of esters is 1. The van der Waals surface area contributed by atoms with Crippen LogP contribution >= 0.6 is 11.8 Å². The zero-order chi connectivity index (χ0) is 19.8. The van der Waals surface area contributed by atoms with Crippen molar-refractivity contribution in [2.75, 3.05) is 13.7 Å². The number of methoxy groups -OCH3 is 1. The standard InChI is InChI=1S/C18H20FN3O4S/c1-11(2)6-7-26-14-8-12(4-5-13(14)19)10-20-22-18-21-17(24)15(27-18)9-16(23)25-3/h4-5,8-11H,6-7H2,1-3H3,(H,21,22,24)/b15-9+,20-10?. The van der Waals surface area contributed by atoms with Crippen molar-refractivity contribution >= 4 is 35.0 Å². The van der Waals surface area contributed by atoms with Gasteiger partial charge >= 0.3 is 5.97 Å². The number of rotatable bonds is 7. The lowest BCUT2D eigenvalue weighted by molar-refractivity contribution is -0.135. The predicted octanol–water partition coefficient (Wildman–Crippen LogP) is 2.86. The predicted molar refractivity (Wildman–Crippen MR) is 102 cm³/mol. The number of amides is 1. The molecule has 1 aliphatic rings. The first-order valence-corrected chi connectivity index (χ1v) is 9.03. The second-order valence-corrected chi connectivity index (χ2v) is 6.99. The third kappa shape index (κ3) is 6.52. The Balaban J connectivity index is 2.01. The van der Waals surface area contributed by atoms with Gasteiger partial charge in [0.15, 0.2) is 16.7 Å². The van der Waals surface area contributed by atoms with Crippen LogP contribution in [0.15, 0.2) is 39.4 Å². The summed E-state index contributed by atoms with van der Waals surface area (Å²) >= 11 is 0.968. The first kappa shape index (κ1) is 20.6. The summed E-state index contributed by atoms with van der Waals surface area (Å²) in [5.41, 5.74) is 0.597. The van der Waals surface area contributed by atoms with Gasteiger partial charge in [0.1, 0.15) is 0 Å². The van der Waals surface area contributed by atoms with E-state index in [1.807, 2.05) is 0 Å². The molecule has 27 heavy (non-hydrogen) atoms. The summed E-state index contributed by atoms with van der Waals surface area (Å²) in [5, 5.41) is 10.5. The van der Waals surface area contributed by atoms with Gasteiger partial charge in [-0.2, -0.15) is 5.10 Å². The maximum absolute atomic E-state index is 13.8. The highest BCUT2D eigenvalue weighted by molar-refractivity contribution is 8.18. The van der Waals surface area contributed by atoms with E-state index in [9.17, 15) is 14.0 Å². The summed E-state index contributed by atoms with van der Waals surface area (Å²) in [6, 6.07) is 4.36. The molecule has 1 N–H and O–H groups in total. The number of nitrogens with one attached hydrogen (secondary N) is 1. The van der Waals surface area contributed by atoms with E-state index >= 15 is 0 Å². The van der Waals surface area contributed by atoms with Crippen LogP contribution in [0, 0.1) is 11.7 Å². The van der Waals surface area contributed by atoms with Gasteiger partial charge in [-0.3, -0.25) is 10.1 Å². The van der Waals surface area contributed by atoms with Gasteiger partial charge in [-0.15, -0.1) is 5.10 Å². The van der Waals surface area contributed by atoms with Crippen molar-refractivity contribution < 1.29 is 23.5 Å². The third-order valence-corrected chi connectivity index (χ3v) is 4.26. The molecule has 0 aliphatic carbocycles. The van der Waals surface area contributed by atoms with E-state index in [4.69, 9.17) is 4.74 Å². The maximum atomic E-state index is 13.8. The van der Waals surface area contributed by atoms with Crippen molar-refractivity contribution in [2.24, 2.45) is 16.1 Å². The van der Waals surface area contributed by atoms with Crippen LogP contribution in [0.3, 0.4) is 0 Å². The minimum absolute atomic E-state index is 0.152. The Labute approximate surface area is 160 Å². The van der Waals surface area contributed by atoms with Crippen LogP contribution in [0.1, 0.15) is 25.8 Å². The first-order valence-electron chi connectivity index (χ1n) is 8.21. The molecule has 0 saturated carbocycles. The highest BCUT2D eigenvalue weighted by atomic mass is 32.2. The number of thioether (sulfide) groups is 1. The maximum Gasteiger partial charge on any atom is 0.331 e. The Morgan fingerprint density at radius 3 is 2.89 bits per heavy atom. The van der Waals surface area contributed by atoms with Gasteiger partial charge in [-0.1, -0.05) is 19.9 Å².